The smallest absolute Gasteiger partial charge is 0.337 e. The zero-order chi connectivity index (χ0) is 14.2. The fraction of sp³-hybridized carbons (Fsp3) is 0. The predicted molar refractivity (Wildman–Crippen MR) is 69.6 cm³/mol. The molecule has 100 valence electrons. The second kappa shape index (κ2) is 4.76. The van der Waals surface area contributed by atoms with Crippen LogP contribution in [-0.4, -0.2) is 29.3 Å². The number of carboxylic acid groups (broad SMARTS) is 1. The van der Waals surface area contributed by atoms with E-state index in [-0.39, 0.29) is 16.1 Å². The minimum atomic E-state index is -3.95. The maximum absolute atomic E-state index is 11.2. The summed E-state index contributed by atoms with van der Waals surface area (Å²) in [6.07, 6.45) is 3.04. The van der Waals surface area contributed by atoms with Crippen molar-refractivity contribution in [2.75, 3.05) is 0 Å². The number of nitrogens with two attached hydrogens (primary N) is 1. The third-order valence-electron chi connectivity index (χ3n) is 2.32. The SMILES string of the molecule is NS(=O)(=O)c1ccc(-n2cc(Br)cn2)c(C(=O)O)c1. The first kappa shape index (κ1) is 13.7. The molecule has 0 spiro atoms. The second-order valence-corrected chi connectivity index (χ2v) is 6.11. The highest BCUT2D eigenvalue weighted by Crippen LogP contribution is 2.20. The fourth-order valence-electron chi connectivity index (χ4n) is 1.50. The lowest BCUT2D eigenvalue weighted by Crippen LogP contribution is -2.14. The number of sulfonamides is 1. The topological polar surface area (TPSA) is 115 Å². The van der Waals surface area contributed by atoms with E-state index in [1.165, 1.54) is 23.0 Å². The molecule has 0 atom stereocenters. The molecule has 0 fully saturated rings. The number of carboxylic acids is 1. The maximum atomic E-state index is 11.2. The van der Waals surface area contributed by atoms with Gasteiger partial charge in [0.1, 0.15) is 0 Å². The summed E-state index contributed by atoms with van der Waals surface area (Å²) < 4.78 is 24.4. The van der Waals surface area contributed by atoms with Crippen LogP contribution in [0, 0.1) is 0 Å². The number of hydrogen-bond donors (Lipinski definition) is 2. The number of rotatable bonds is 3. The van der Waals surface area contributed by atoms with Crippen molar-refractivity contribution >= 4 is 31.9 Å². The zero-order valence-electron chi connectivity index (χ0n) is 9.32. The lowest BCUT2D eigenvalue weighted by atomic mass is 10.2. The summed E-state index contributed by atoms with van der Waals surface area (Å²) in [6.45, 7) is 0. The number of aromatic carboxylic acids is 1. The summed E-state index contributed by atoms with van der Waals surface area (Å²) >= 11 is 3.19. The van der Waals surface area contributed by atoms with Crippen LogP contribution in [0.5, 0.6) is 0 Å². The fourth-order valence-corrected chi connectivity index (χ4v) is 2.32. The van der Waals surface area contributed by atoms with Crippen molar-refractivity contribution in [2.45, 2.75) is 4.90 Å². The average molecular weight is 346 g/mol. The van der Waals surface area contributed by atoms with Crippen LogP contribution in [-0.2, 0) is 10.0 Å². The second-order valence-electron chi connectivity index (χ2n) is 3.63. The molecule has 0 saturated carbocycles. The average Bonchev–Trinajstić information content (AvgIpc) is 2.73. The van der Waals surface area contributed by atoms with E-state index in [2.05, 4.69) is 21.0 Å². The highest BCUT2D eigenvalue weighted by atomic mass is 79.9. The molecule has 1 aromatic heterocycles. The Bertz CT molecular complexity index is 754. The van der Waals surface area contributed by atoms with Gasteiger partial charge in [-0.3, -0.25) is 0 Å². The van der Waals surface area contributed by atoms with Crippen LogP contribution in [0.1, 0.15) is 10.4 Å². The quantitative estimate of drug-likeness (QED) is 0.860. The molecule has 0 aliphatic rings. The zero-order valence-corrected chi connectivity index (χ0v) is 11.7. The van der Waals surface area contributed by atoms with Crippen LogP contribution in [0.2, 0.25) is 0 Å². The van der Waals surface area contributed by atoms with Gasteiger partial charge in [0.2, 0.25) is 10.0 Å². The van der Waals surface area contributed by atoms with Crippen LogP contribution in [0.25, 0.3) is 5.69 Å². The molecule has 0 amide bonds. The van der Waals surface area contributed by atoms with E-state index in [1.807, 2.05) is 0 Å². The Morgan fingerprint density at radius 1 is 1.42 bits per heavy atom. The van der Waals surface area contributed by atoms with Crippen molar-refractivity contribution in [1.82, 2.24) is 9.78 Å². The molecule has 1 heterocycles. The van der Waals surface area contributed by atoms with Gasteiger partial charge in [-0.05, 0) is 34.1 Å². The van der Waals surface area contributed by atoms with Crippen molar-refractivity contribution in [3.05, 3.63) is 40.6 Å². The summed E-state index contributed by atoms with van der Waals surface area (Å²) in [5, 5.41) is 18.1. The van der Waals surface area contributed by atoms with Crippen molar-refractivity contribution < 1.29 is 18.3 Å². The van der Waals surface area contributed by atoms with Gasteiger partial charge in [0.15, 0.2) is 0 Å². The van der Waals surface area contributed by atoms with Crippen molar-refractivity contribution in [3.8, 4) is 5.69 Å². The van der Waals surface area contributed by atoms with E-state index in [0.29, 0.717) is 4.47 Å². The van der Waals surface area contributed by atoms with Gasteiger partial charge in [0.05, 0.1) is 26.8 Å². The summed E-state index contributed by atoms with van der Waals surface area (Å²) in [5.74, 6) is -1.27. The standard InChI is InChI=1S/C10H8BrN3O4S/c11-6-4-13-14(5-6)9-2-1-7(19(12,17)18)3-8(9)10(15)16/h1-5H,(H,15,16)(H2,12,17,18). The summed E-state index contributed by atoms with van der Waals surface area (Å²) in [7, 11) is -3.95. The Kier molecular flexibility index (Phi) is 3.43. The molecule has 1 aromatic carbocycles. The Morgan fingerprint density at radius 3 is 2.58 bits per heavy atom. The molecule has 0 radical (unpaired) electrons. The minimum absolute atomic E-state index is 0.206. The number of aromatic nitrogens is 2. The van der Waals surface area contributed by atoms with Gasteiger partial charge in [-0.15, -0.1) is 0 Å². The Morgan fingerprint density at radius 2 is 2.11 bits per heavy atom. The van der Waals surface area contributed by atoms with Crippen molar-refractivity contribution in [1.29, 1.82) is 0 Å². The van der Waals surface area contributed by atoms with Crippen LogP contribution in [0.15, 0.2) is 40.0 Å². The third kappa shape index (κ3) is 2.83. The molecule has 0 bridgehead atoms. The van der Waals surface area contributed by atoms with Crippen molar-refractivity contribution in [2.24, 2.45) is 5.14 Å². The normalized spacial score (nSPS) is 11.5. The summed E-state index contributed by atoms with van der Waals surface area (Å²) in [6, 6.07) is 3.57. The van der Waals surface area contributed by atoms with Crippen LogP contribution < -0.4 is 5.14 Å². The van der Waals surface area contributed by atoms with E-state index >= 15 is 0 Å². The number of nitrogens with zero attached hydrogens (tertiary/aromatic N) is 2. The minimum Gasteiger partial charge on any atom is -0.478 e. The van der Waals surface area contributed by atoms with Gasteiger partial charge in [-0.25, -0.2) is 23.0 Å². The van der Waals surface area contributed by atoms with Crippen LogP contribution >= 0.6 is 15.9 Å². The third-order valence-corrected chi connectivity index (χ3v) is 3.65. The molecule has 2 aromatic rings. The van der Waals surface area contributed by atoms with Gasteiger partial charge >= 0.3 is 5.97 Å². The van der Waals surface area contributed by atoms with Crippen LogP contribution in [0.3, 0.4) is 0 Å². The van der Waals surface area contributed by atoms with Gasteiger partial charge in [0.25, 0.3) is 0 Å². The van der Waals surface area contributed by atoms with E-state index in [1.54, 1.807) is 6.20 Å². The number of benzene rings is 1. The first-order valence-corrected chi connectivity index (χ1v) is 7.23. The summed E-state index contributed by atoms with van der Waals surface area (Å²) in [4.78, 5) is 10.9. The van der Waals surface area contributed by atoms with Crippen LogP contribution in [0.4, 0.5) is 0 Å². The van der Waals surface area contributed by atoms with Gasteiger partial charge in [-0.1, -0.05) is 0 Å². The molecule has 19 heavy (non-hydrogen) atoms. The van der Waals surface area contributed by atoms with Gasteiger partial charge in [0, 0.05) is 6.20 Å². The van der Waals surface area contributed by atoms with E-state index in [9.17, 15) is 13.2 Å². The molecule has 2 rings (SSSR count). The van der Waals surface area contributed by atoms with E-state index in [0.717, 1.165) is 6.07 Å². The highest BCUT2D eigenvalue weighted by molar-refractivity contribution is 9.10. The highest BCUT2D eigenvalue weighted by Gasteiger charge is 2.17. The first-order valence-electron chi connectivity index (χ1n) is 4.90. The van der Waals surface area contributed by atoms with Gasteiger partial charge < -0.3 is 5.11 Å². The Balaban J connectivity index is 2.66. The molecule has 7 nitrogen and oxygen atoms in total. The molecule has 9 heteroatoms. The molecule has 0 unspecified atom stereocenters. The largest absolute Gasteiger partial charge is 0.478 e. The monoisotopic (exact) mass is 345 g/mol. The lowest BCUT2D eigenvalue weighted by molar-refractivity contribution is 0.0696. The van der Waals surface area contributed by atoms with Gasteiger partial charge in [-0.2, -0.15) is 5.10 Å². The number of halogens is 1. The molecule has 3 N–H and O–H groups in total. The maximum Gasteiger partial charge on any atom is 0.337 e. The number of carbonyl (C=O) groups is 1. The number of hydrogen-bond acceptors (Lipinski definition) is 4. The predicted octanol–water partition coefficient (Wildman–Crippen LogP) is 0.980. The van der Waals surface area contributed by atoms with E-state index < -0.39 is 16.0 Å². The molecular formula is C10H8BrN3O4S. The van der Waals surface area contributed by atoms with E-state index in [4.69, 9.17) is 10.2 Å². The van der Waals surface area contributed by atoms with Crippen molar-refractivity contribution in [3.63, 3.8) is 0 Å². The Labute approximate surface area is 116 Å². The number of primary sulfonamides is 1. The lowest BCUT2D eigenvalue weighted by Gasteiger charge is -2.07. The molecular weight excluding hydrogens is 338 g/mol. The Hall–Kier alpha value is -1.71. The summed E-state index contributed by atoms with van der Waals surface area (Å²) in [5.41, 5.74) is 0.0349. The molecule has 0 aliphatic heterocycles. The first-order chi connectivity index (χ1) is 8.79. The molecule has 0 aliphatic carbocycles. The molecule has 0 saturated heterocycles.